The average Bonchev–Trinajstić information content (AvgIpc) is 2.39. The number of aliphatic hydroxyl groups excluding tert-OH is 2. The van der Waals surface area contributed by atoms with Crippen molar-refractivity contribution in [3.63, 3.8) is 0 Å². The number of carboxylic acid groups (broad SMARTS) is 1. The number of amides is 2. The Bertz CT molecular complexity index is 385. The highest BCUT2D eigenvalue weighted by atomic mass is 16.4. The molecule has 0 saturated carbocycles. The van der Waals surface area contributed by atoms with E-state index in [1.165, 1.54) is 6.92 Å². The minimum atomic E-state index is -1.34. The van der Waals surface area contributed by atoms with Gasteiger partial charge in [0.05, 0.1) is 12.7 Å². The topological polar surface area (TPSA) is 162 Å². The molecule has 0 aliphatic carbocycles. The Morgan fingerprint density at radius 1 is 1.10 bits per heavy atom. The lowest BCUT2D eigenvalue weighted by Crippen LogP contribution is -2.58. The highest BCUT2D eigenvalue weighted by Gasteiger charge is 2.29. The monoisotopic (exact) mass is 305 g/mol. The number of nitrogens with one attached hydrogen (secondary N) is 2. The predicted molar refractivity (Wildman–Crippen MR) is 73.1 cm³/mol. The number of hydrogen-bond donors (Lipinski definition) is 6. The lowest BCUT2D eigenvalue weighted by Gasteiger charge is -2.23. The molecular weight excluding hydrogens is 282 g/mol. The molecule has 0 heterocycles. The van der Waals surface area contributed by atoms with Crippen LogP contribution in [0.25, 0.3) is 0 Å². The number of nitrogens with two attached hydrogens (primary N) is 1. The van der Waals surface area contributed by atoms with E-state index in [1.54, 1.807) is 13.8 Å². The summed E-state index contributed by atoms with van der Waals surface area (Å²) in [6.07, 6.45) is -1.13. The summed E-state index contributed by atoms with van der Waals surface area (Å²) >= 11 is 0. The lowest BCUT2D eigenvalue weighted by molar-refractivity contribution is -0.143. The molecule has 21 heavy (non-hydrogen) atoms. The largest absolute Gasteiger partial charge is 0.480 e. The minimum absolute atomic E-state index is 0.374. The Labute approximate surface area is 122 Å². The number of hydrogen-bond acceptors (Lipinski definition) is 6. The third-order valence-electron chi connectivity index (χ3n) is 2.87. The van der Waals surface area contributed by atoms with Gasteiger partial charge in [0.1, 0.15) is 18.1 Å². The highest BCUT2D eigenvalue weighted by molar-refractivity contribution is 5.92. The molecule has 0 aromatic heterocycles. The summed E-state index contributed by atoms with van der Waals surface area (Å²) in [6.45, 7) is 3.79. The fourth-order valence-corrected chi connectivity index (χ4v) is 1.45. The van der Waals surface area contributed by atoms with Crippen molar-refractivity contribution in [2.45, 2.75) is 45.0 Å². The molecule has 0 aromatic rings. The van der Waals surface area contributed by atoms with E-state index in [4.69, 9.17) is 15.9 Å². The molecule has 9 heteroatoms. The summed E-state index contributed by atoms with van der Waals surface area (Å²) < 4.78 is 0. The Morgan fingerprint density at radius 3 is 1.95 bits per heavy atom. The van der Waals surface area contributed by atoms with Crippen LogP contribution in [0.4, 0.5) is 0 Å². The van der Waals surface area contributed by atoms with Crippen molar-refractivity contribution in [1.82, 2.24) is 10.6 Å². The van der Waals surface area contributed by atoms with E-state index in [1.807, 2.05) is 0 Å². The molecule has 0 fully saturated rings. The van der Waals surface area contributed by atoms with Gasteiger partial charge in [-0.25, -0.2) is 4.79 Å². The van der Waals surface area contributed by atoms with Crippen molar-refractivity contribution >= 4 is 17.8 Å². The number of aliphatic carboxylic acids is 1. The Morgan fingerprint density at radius 2 is 1.62 bits per heavy atom. The van der Waals surface area contributed by atoms with Crippen molar-refractivity contribution in [2.24, 2.45) is 11.7 Å². The van der Waals surface area contributed by atoms with E-state index >= 15 is 0 Å². The third-order valence-corrected chi connectivity index (χ3v) is 2.87. The number of aliphatic hydroxyl groups is 2. The van der Waals surface area contributed by atoms with Crippen molar-refractivity contribution < 1.29 is 29.7 Å². The molecule has 0 spiro atoms. The zero-order chi connectivity index (χ0) is 16.7. The first kappa shape index (κ1) is 19.3. The first-order valence-corrected chi connectivity index (χ1v) is 6.49. The molecule has 4 unspecified atom stereocenters. The van der Waals surface area contributed by atoms with Crippen LogP contribution in [-0.2, 0) is 14.4 Å². The second kappa shape index (κ2) is 8.55. The van der Waals surface area contributed by atoms with Crippen LogP contribution in [0.3, 0.4) is 0 Å². The molecule has 0 aliphatic rings. The van der Waals surface area contributed by atoms with Crippen molar-refractivity contribution in [3.05, 3.63) is 0 Å². The van der Waals surface area contributed by atoms with Gasteiger partial charge in [-0.2, -0.15) is 0 Å². The maximum Gasteiger partial charge on any atom is 0.326 e. The molecular formula is C12H23N3O6. The average molecular weight is 305 g/mol. The second-order valence-corrected chi connectivity index (χ2v) is 5.08. The van der Waals surface area contributed by atoms with E-state index in [0.29, 0.717) is 0 Å². The first-order chi connectivity index (χ1) is 9.61. The molecule has 4 atom stereocenters. The fourth-order valence-electron chi connectivity index (χ4n) is 1.45. The van der Waals surface area contributed by atoms with Crippen LogP contribution >= 0.6 is 0 Å². The zero-order valence-electron chi connectivity index (χ0n) is 12.2. The standard InChI is InChI=1S/C12H23N3O6/c1-5(2)9(12(20)21)15-10(18)7(4-16)14-11(19)8(13)6(3)17/h5-9,16-17H,4,13H2,1-3H3,(H,14,19)(H,15,18)(H,20,21). The first-order valence-electron chi connectivity index (χ1n) is 6.49. The van der Waals surface area contributed by atoms with Gasteiger partial charge in [-0.05, 0) is 12.8 Å². The van der Waals surface area contributed by atoms with Crippen LogP contribution in [0, 0.1) is 5.92 Å². The molecule has 0 saturated heterocycles. The summed E-state index contributed by atoms with van der Waals surface area (Å²) in [5, 5.41) is 31.7. The minimum Gasteiger partial charge on any atom is -0.480 e. The van der Waals surface area contributed by atoms with Gasteiger partial charge in [0.15, 0.2) is 0 Å². The van der Waals surface area contributed by atoms with Gasteiger partial charge >= 0.3 is 5.97 Å². The smallest absolute Gasteiger partial charge is 0.326 e. The zero-order valence-corrected chi connectivity index (χ0v) is 12.2. The van der Waals surface area contributed by atoms with Gasteiger partial charge < -0.3 is 31.7 Å². The van der Waals surface area contributed by atoms with Gasteiger partial charge in [-0.15, -0.1) is 0 Å². The predicted octanol–water partition coefficient (Wildman–Crippen LogP) is -2.60. The van der Waals surface area contributed by atoms with Crippen molar-refractivity contribution in [3.8, 4) is 0 Å². The molecule has 0 radical (unpaired) electrons. The van der Waals surface area contributed by atoms with E-state index in [2.05, 4.69) is 10.6 Å². The Hall–Kier alpha value is -1.71. The second-order valence-electron chi connectivity index (χ2n) is 5.08. The van der Waals surface area contributed by atoms with Gasteiger partial charge in [-0.1, -0.05) is 13.8 Å². The summed E-state index contributed by atoms with van der Waals surface area (Å²) in [5.41, 5.74) is 5.39. The summed E-state index contributed by atoms with van der Waals surface area (Å²) in [6, 6.07) is -3.75. The maximum atomic E-state index is 11.9. The van der Waals surface area contributed by atoms with Gasteiger partial charge in [0.25, 0.3) is 0 Å². The summed E-state index contributed by atoms with van der Waals surface area (Å²) in [7, 11) is 0. The van der Waals surface area contributed by atoms with Gasteiger partial charge in [-0.3, -0.25) is 9.59 Å². The summed E-state index contributed by atoms with van der Waals surface area (Å²) in [5.74, 6) is -3.26. The quantitative estimate of drug-likeness (QED) is 0.286. The van der Waals surface area contributed by atoms with E-state index < -0.39 is 48.6 Å². The fraction of sp³-hybridized carbons (Fsp3) is 0.750. The van der Waals surface area contributed by atoms with Crippen LogP contribution in [0.1, 0.15) is 20.8 Å². The van der Waals surface area contributed by atoms with Crippen LogP contribution in [0.2, 0.25) is 0 Å². The number of carboxylic acids is 1. The van der Waals surface area contributed by atoms with Crippen LogP contribution in [0.5, 0.6) is 0 Å². The molecule has 7 N–H and O–H groups in total. The lowest BCUT2D eigenvalue weighted by atomic mass is 10.0. The number of carbonyl (C=O) groups is 3. The molecule has 0 aromatic carbocycles. The third kappa shape index (κ3) is 6.06. The van der Waals surface area contributed by atoms with Crippen LogP contribution < -0.4 is 16.4 Å². The van der Waals surface area contributed by atoms with E-state index in [0.717, 1.165) is 0 Å². The van der Waals surface area contributed by atoms with E-state index in [-0.39, 0.29) is 5.92 Å². The van der Waals surface area contributed by atoms with Gasteiger partial charge in [0, 0.05) is 0 Å². The Balaban J connectivity index is 4.76. The molecule has 0 rings (SSSR count). The molecule has 9 nitrogen and oxygen atoms in total. The van der Waals surface area contributed by atoms with Crippen molar-refractivity contribution in [2.75, 3.05) is 6.61 Å². The summed E-state index contributed by atoms with van der Waals surface area (Å²) in [4.78, 5) is 34.5. The van der Waals surface area contributed by atoms with Gasteiger partial charge in [0.2, 0.25) is 11.8 Å². The van der Waals surface area contributed by atoms with Crippen molar-refractivity contribution in [1.29, 1.82) is 0 Å². The SMILES string of the molecule is CC(C)C(NC(=O)C(CO)NC(=O)C(N)C(C)O)C(=O)O. The molecule has 0 bridgehead atoms. The molecule has 2 amide bonds. The molecule has 122 valence electrons. The molecule has 0 aliphatic heterocycles. The van der Waals surface area contributed by atoms with Crippen LogP contribution in [-0.4, -0.2) is 63.9 Å². The highest BCUT2D eigenvalue weighted by Crippen LogP contribution is 2.02. The van der Waals surface area contributed by atoms with Crippen LogP contribution in [0.15, 0.2) is 0 Å². The Kier molecular flexibility index (Phi) is 7.85. The normalized spacial score (nSPS) is 16.7. The number of rotatable bonds is 8. The maximum absolute atomic E-state index is 11.9. The number of carbonyl (C=O) groups excluding carboxylic acids is 2. The van der Waals surface area contributed by atoms with E-state index in [9.17, 15) is 19.5 Å².